The molecular weight excluding hydrogens is 399 g/mol. The van der Waals surface area contributed by atoms with Gasteiger partial charge in [0.05, 0.1) is 23.4 Å². The molecule has 0 spiro atoms. The number of pyridine rings is 1. The van der Waals surface area contributed by atoms with Crippen LogP contribution in [0.25, 0.3) is 0 Å². The summed E-state index contributed by atoms with van der Waals surface area (Å²) in [6.07, 6.45) is 2.48. The summed E-state index contributed by atoms with van der Waals surface area (Å²) in [4.78, 5) is 18.4. The zero-order valence-corrected chi connectivity index (χ0v) is 19.9. The highest BCUT2D eigenvalue weighted by Gasteiger charge is 2.45. The topological polar surface area (TPSA) is 51.7 Å². The highest BCUT2D eigenvalue weighted by atomic mass is 35.5. The Morgan fingerprint density at radius 1 is 1.25 bits per heavy atom. The van der Waals surface area contributed by atoms with E-state index in [1.54, 1.807) is 4.90 Å². The number of aromatic nitrogens is 1. The van der Waals surface area contributed by atoms with E-state index in [9.17, 15) is 9.18 Å². The van der Waals surface area contributed by atoms with Gasteiger partial charge in [0.2, 0.25) is 0 Å². The highest BCUT2D eigenvalue weighted by molar-refractivity contribution is 6.74. The van der Waals surface area contributed by atoms with Gasteiger partial charge >= 0.3 is 6.09 Å². The summed E-state index contributed by atoms with van der Waals surface area (Å²) in [5.41, 5.74) is -0.155. The molecular formula is C20H32ClFN2O3Si. The van der Waals surface area contributed by atoms with Gasteiger partial charge in [-0.05, 0) is 45.3 Å². The minimum absolute atomic E-state index is 0.0125. The quantitative estimate of drug-likeness (QED) is 0.556. The van der Waals surface area contributed by atoms with Crippen molar-refractivity contribution in [3.8, 4) is 0 Å². The Hall–Kier alpha value is -1.18. The van der Waals surface area contributed by atoms with Gasteiger partial charge in [0, 0.05) is 18.3 Å². The molecule has 1 fully saturated rings. The molecule has 2 rings (SSSR count). The molecule has 1 aliphatic heterocycles. The summed E-state index contributed by atoms with van der Waals surface area (Å²) in [6, 6.07) is -0.444. The Balaban J connectivity index is 2.34. The van der Waals surface area contributed by atoms with E-state index in [1.807, 2.05) is 20.8 Å². The maximum Gasteiger partial charge on any atom is 0.410 e. The molecule has 2 atom stereocenters. The van der Waals surface area contributed by atoms with Gasteiger partial charge in [0.25, 0.3) is 0 Å². The van der Waals surface area contributed by atoms with E-state index in [0.717, 1.165) is 6.20 Å². The second-order valence-electron chi connectivity index (χ2n) is 9.91. The van der Waals surface area contributed by atoms with Crippen LogP contribution < -0.4 is 0 Å². The lowest BCUT2D eigenvalue weighted by molar-refractivity contribution is 0.0208. The van der Waals surface area contributed by atoms with Gasteiger partial charge in [0.1, 0.15) is 5.60 Å². The Morgan fingerprint density at radius 2 is 1.86 bits per heavy atom. The van der Waals surface area contributed by atoms with Crippen molar-refractivity contribution >= 4 is 26.0 Å². The number of halogens is 2. The lowest BCUT2D eigenvalue weighted by Gasteiger charge is -2.38. The van der Waals surface area contributed by atoms with Crippen molar-refractivity contribution in [3.63, 3.8) is 0 Å². The standard InChI is InChI=1S/C20H32ClFN2O3Si/c1-19(2,3)26-18(25)24-12-13(27-28(7,8)20(4,5)6)9-16(24)14-10-23-11-15(22)17(14)21/h10-11,13,16H,9,12H2,1-8H3/t13-,16?/m1/s1. The predicted octanol–water partition coefficient (Wildman–Crippen LogP) is 5.95. The van der Waals surface area contributed by atoms with Crippen LogP contribution in [0, 0.1) is 5.82 Å². The molecule has 158 valence electrons. The average molecular weight is 431 g/mol. The molecule has 0 radical (unpaired) electrons. The number of hydrogen-bond acceptors (Lipinski definition) is 4. The number of carbonyl (C=O) groups excluding carboxylic acids is 1. The van der Waals surface area contributed by atoms with Crippen LogP contribution in [0.1, 0.15) is 59.6 Å². The van der Waals surface area contributed by atoms with Crippen LogP contribution in [0.2, 0.25) is 23.2 Å². The summed E-state index contributed by atoms with van der Waals surface area (Å²) in [5.74, 6) is -0.600. The lowest BCUT2D eigenvalue weighted by atomic mass is 10.1. The van der Waals surface area contributed by atoms with Crippen molar-refractivity contribution in [2.45, 2.75) is 83.8 Å². The molecule has 0 N–H and O–H groups in total. The molecule has 1 amide bonds. The first-order chi connectivity index (χ1) is 12.6. The van der Waals surface area contributed by atoms with Crippen LogP contribution in [-0.4, -0.2) is 42.5 Å². The molecule has 2 heterocycles. The van der Waals surface area contributed by atoms with E-state index < -0.39 is 31.9 Å². The number of carbonyl (C=O) groups is 1. The number of rotatable bonds is 3. The fourth-order valence-corrected chi connectivity index (χ4v) is 4.54. The number of ether oxygens (including phenoxy) is 1. The van der Waals surface area contributed by atoms with E-state index >= 15 is 0 Å². The number of amides is 1. The van der Waals surface area contributed by atoms with Crippen LogP contribution >= 0.6 is 11.6 Å². The molecule has 1 aromatic heterocycles. The van der Waals surface area contributed by atoms with E-state index in [0.29, 0.717) is 18.5 Å². The number of hydrogen-bond donors (Lipinski definition) is 0. The van der Waals surface area contributed by atoms with Gasteiger partial charge in [0.15, 0.2) is 14.1 Å². The summed E-state index contributed by atoms with van der Waals surface area (Å²) in [5, 5.41) is 0.0291. The molecule has 1 unspecified atom stereocenters. The maximum absolute atomic E-state index is 14.0. The van der Waals surface area contributed by atoms with Crippen LogP contribution in [0.5, 0.6) is 0 Å². The first kappa shape index (κ1) is 23.1. The van der Waals surface area contributed by atoms with Crippen LogP contribution in [0.4, 0.5) is 9.18 Å². The number of nitrogens with zero attached hydrogens (tertiary/aromatic N) is 2. The van der Waals surface area contributed by atoms with E-state index in [-0.39, 0.29) is 16.2 Å². The monoisotopic (exact) mass is 430 g/mol. The van der Waals surface area contributed by atoms with Gasteiger partial charge in [-0.2, -0.15) is 0 Å². The molecule has 28 heavy (non-hydrogen) atoms. The maximum atomic E-state index is 14.0. The van der Waals surface area contributed by atoms with Crippen molar-refractivity contribution in [3.05, 3.63) is 28.8 Å². The van der Waals surface area contributed by atoms with Gasteiger partial charge < -0.3 is 9.16 Å². The summed E-state index contributed by atoms with van der Waals surface area (Å²) in [6.45, 7) is 16.7. The number of likely N-dealkylation sites (tertiary alicyclic amines) is 1. The first-order valence-corrected chi connectivity index (χ1v) is 12.9. The van der Waals surface area contributed by atoms with Gasteiger partial charge in [-0.1, -0.05) is 32.4 Å². The first-order valence-electron chi connectivity index (χ1n) is 9.59. The van der Waals surface area contributed by atoms with Crippen molar-refractivity contribution < 1.29 is 18.3 Å². The minimum atomic E-state index is -2.04. The Morgan fingerprint density at radius 3 is 2.39 bits per heavy atom. The Bertz CT molecular complexity index is 731. The zero-order chi connectivity index (χ0) is 21.5. The fraction of sp³-hybridized carbons (Fsp3) is 0.700. The summed E-state index contributed by atoms with van der Waals surface area (Å²) < 4.78 is 26.1. The van der Waals surface area contributed by atoms with Gasteiger partial charge in [-0.25, -0.2) is 9.18 Å². The van der Waals surface area contributed by atoms with Crippen LogP contribution in [0.15, 0.2) is 12.4 Å². The SMILES string of the molecule is CC(C)(C)OC(=O)N1C[C@H](O[Si](C)(C)C(C)(C)C)CC1c1cncc(F)c1Cl. The van der Waals surface area contributed by atoms with E-state index in [1.165, 1.54) is 6.20 Å². The van der Waals surface area contributed by atoms with E-state index in [4.69, 9.17) is 20.8 Å². The molecule has 0 aromatic carbocycles. The third kappa shape index (κ3) is 5.24. The van der Waals surface area contributed by atoms with Crippen molar-refractivity contribution in [2.75, 3.05) is 6.54 Å². The third-order valence-electron chi connectivity index (χ3n) is 5.38. The molecule has 0 bridgehead atoms. The Labute approximate surface area is 173 Å². The van der Waals surface area contributed by atoms with Crippen LogP contribution in [0.3, 0.4) is 0 Å². The smallest absolute Gasteiger partial charge is 0.410 e. The minimum Gasteiger partial charge on any atom is -0.444 e. The second kappa shape index (κ2) is 7.92. The van der Waals surface area contributed by atoms with E-state index in [2.05, 4.69) is 38.8 Å². The third-order valence-corrected chi connectivity index (χ3v) is 10.3. The molecule has 5 nitrogen and oxygen atoms in total. The van der Waals surface area contributed by atoms with Crippen LogP contribution in [-0.2, 0) is 9.16 Å². The average Bonchev–Trinajstić information content (AvgIpc) is 2.90. The van der Waals surface area contributed by atoms with Crippen molar-refractivity contribution in [2.24, 2.45) is 0 Å². The molecule has 0 saturated carbocycles. The van der Waals surface area contributed by atoms with Crippen molar-refractivity contribution in [1.82, 2.24) is 9.88 Å². The Kier molecular flexibility index (Phi) is 6.53. The summed E-state index contributed by atoms with van der Waals surface area (Å²) in [7, 11) is -2.04. The zero-order valence-electron chi connectivity index (χ0n) is 18.1. The normalized spacial score (nSPS) is 21.1. The molecule has 1 aliphatic rings. The fourth-order valence-electron chi connectivity index (χ4n) is 2.96. The summed E-state index contributed by atoms with van der Waals surface area (Å²) >= 11 is 6.20. The highest BCUT2D eigenvalue weighted by Crippen LogP contribution is 2.42. The molecule has 8 heteroatoms. The van der Waals surface area contributed by atoms with Crippen molar-refractivity contribution in [1.29, 1.82) is 0 Å². The lowest BCUT2D eigenvalue weighted by Crippen LogP contribution is -2.45. The molecule has 1 aromatic rings. The van der Waals surface area contributed by atoms with Gasteiger partial charge in [-0.3, -0.25) is 9.88 Å². The molecule has 0 aliphatic carbocycles. The largest absolute Gasteiger partial charge is 0.444 e. The second-order valence-corrected chi connectivity index (χ2v) is 15.0. The molecule has 1 saturated heterocycles. The van der Waals surface area contributed by atoms with Gasteiger partial charge in [-0.15, -0.1) is 0 Å². The predicted molar refractivity (Wildman–Crippen MR) is 112 cm³/mol.